The number of pyridine rings is 1. The molecular formula is C27H35N3O3. The lowest BCUT2D eigenvalue weighted by Crippen LogP contribution is -2.19. The highest BCUT2D eigenvalue weighted by Gasteiger charge is 2.22. The summed E-state index contributed by atoms with van der Waals surface area (Å²) in [5.41, 5.74) is 7.39. The number of aryl methyl sites for hydroxylation is 2. The van der Waals surface area contributed by atoms with Crippen LogP contribution in [0.2, 0.25) is 0 Å². The lowest BCUT2D eigenvalue weighted by molar-refractivity contribution is -0.143. The van der Waals surface area contributed by atoms with E-state index in [2.05, 4.69) is 37.0 Å². The van der Waals surface area contributed by atoms with Crippen molar-refractivity contribution < 1.29 is 14.3 Å². The monoisotopic (exact) mass is 449 g/mol. The molecule has 0 aliphatic heterocycles. The Kier molecular flexibility index (Phi) is 7.76. The molecule has 1 aliphatic carbocycles. The van der Waals surface area contributed by atoms with Crippen LogP contribution in [-0.2, 0) is 33.7 Å². The first-order valence-electron chi connectivity index (χ1n) is 12.3. The Morgan fingerprint density at radius 2 is 1.97 bits per heavy atom. The predicted octanol–water partition coefficient (Wildman–Crippen LogP) is 5.61. The Hall–Kier alpha value is -2.73. The van der Waals surface area contributed by atoms with E-state index < -0.39 is 0 Å². The van der Waals surface area contributed by atoms with Gasteiger partial charge in [-0.25, -0.2) is 4.52 Å². The normalized spacial score (nSPS) is 14.6. The molecule has 0 N–H and O–H groups in total. The van der Waals surface area contributed by atoms with Crippen LogP contribution in [0, 0.1) is 6.92 Å². The second-order valence-electron chi connectivity index (χ2n) is 8.90. The molecule has 1 fully saturated rings. The van der Waals surface area contributed by atoms with Gasteiger partial charge >= 0.3 is 5.97 Å². The van der Waals surface area contributed by atoms with Gasteiger partial charge in [0.25, 0.3) is 0 Å². The van der Waals surface area contributed by atoms with E-state index in [0.717, 1.165) is 58.4 Å². The average molecular weight is 450 g/mol. The Morgan fingerprint density at radius 3 is 2.70 bits per heavy atom. The lowest BCUT2D eigenvalue weighted by Gasteiger charge is -2.23. The topological polar surface area (TPSA) is 65.7 Å². The fraction of sp³-hybridized carbons (Fsp3) is 0.519. The molecule has 6 nitrogen and oxygen atoms in total. The number of nitrogens with zero attached hydrogens (tertiary/aromatic N) is 3. The van der Waals surface area contributed by atoms with E-state index in [-0.39, 0.29) is 12.1 Å². The first-order valence-corrected chi connectivity index (χ1v) is 12.3. The minimum absolute atomic E-state index is 0.186. The summed E-state index contributed by atoms with van der Waals surface area (Å²) in [6.45, 7) is 6.87. The molecule has 0 aromatic carbocycles. The van der Waals surface area contributed by atoms with Gasteiger partial charge < -0.3 is 9.47 Å². The van der Waals surface area contributed by atoms with Crippen molar-refractivity contribution in [3.63, 3.8) is 0 Å². The number of rotatable bonds is 9. The van der Waals surface area contributed by atoms with Gasteiger partial charge in [0.05, 0.1) is 30.5 Å². The van der Waals surface area contributed by atoms with Crippen LogP contribution in [0.25, 0.3) is 16.6 Å². The molecule has 0 bridgehead atoms. The smallest absolute Gasteiger partial charge is 0.306 e. The van der Waals surface area contributed by atoms with Crippen LogP contribution in [0.4, 0.5) is 0 Å². The van der Waals surface area contributed by atoms with Crippen molar-refractivity contribution in [3.8, 4) is 11.1 Å². The molecule has 3 aromatic heterocycles. The molecule has 0 unspecified atom stereocenters. The lowest BCUT2D eigenvalue weighted by atomic mass is 9.95. The summed E-state index contributed by atoms with van der Waals surface area (Å²) in [6.07, 6.45) is 11.8. The minimum atomic E-state index is -0.186. The van der Waals surface area contributed by atoms with Crippen molar-refractivity contribution in [2.45, 2.75) is 84.8 Å². The van der Waals surface area contributed by atoms with Crippen molar-refractivity contribution >= 4 is 11.5 Å². The second-order valence-corrected chi connectivity index (χ2v) is 8.90. The summed E-state index contributed by atoms with van der Waals surface area (Å²) in [5.74, 6) is -0.186. The van der Waals surface area contributed by atoms with Crippen LogP contribution in [0.3, 0.4) is 0 Å². The Labute approximate surface area is 196 Å². The Morgan fingerprint density at radius 1 is 1.15 bits per heavy atom. The average Bonchev–Trinajstić information content (AvgIpc) is 3.24. The maximum absolute atomic E-state index is 12.3. The zero-order chi connectivity index (χ0) is 23.2. The zero-order valence-electron chi connectivity index (χ0n) is 20.1. The van der Waals surface area contributed by atoms with Gasteiger partial charge in [-0.3, -0.25) is 9.78 Å². The molecule has 1 saturated carbocycles. The first-order chi connectivity index (χ1) is 16.1. The van der Waals surface area contributed by atoms with E-state index in [9.17, 15) is 4.79 Å². The van der Waals surface area contributed by atoms with Gasteiger partial charge in [0.15, 0.2) is 0 Å². The highest BCUT2D eigenvalue weighted by atomic mass is 16.5. The van der Waals surface area contributed by atoms with E-state index in [1.165, 1.54) is 19.3 Å². The van der Waals surface area contributed by atoms with Gasteiger partial charge in [-0.1, -0.05) is 26.2 Å². The van der Waals surface area contributed by atoms with Crippen molar-refractivity contribution in [2.75, 3.05) is 6.61 Å². The fourth-order valence-electron chi connectivity index (χ4n) is 4.81. The third-order valence-corrected chi connectivity index (χ3v) is 6.48. The van der Waals surface area contributed by atoms with Gasteiger partial charge in [-0.05, 0) is 68.9 Å². The van der Waals surface area contributed by atoms with Crippen molar-refractivity contribution in [1.82, 2.24) is 14.6 Å². The summed E-state index contributed by atoms with van der Waals surface area (Å²) in [5, 5.41) is 5.04. The van der Waals surface area contributed by atoms with Gasteiger partial charge in [0.1, 0.15) is 0 Å². The van der Waals surface area contributed by atoms with Gasteiger partial charge in [0, 0.05) is 35.6 Å². The number of esters is 1. The summed E-state index contributed by atoms with van der Waals surface area (Å²) in [7, 11) is 0. The number of carbonyl (C=O) groups is 1. The summed E-state index contributed by atoms with van der Waals surface area (Å²) < 4.78 is 13.6. The Bertz CT molecular complexity index is 1100. The highest BCUT2D eigenvalue weighted by Crippen LogP contribution is 2.33. The molecule has 0 radical (unpaired) electrons. The van der Waals surface area contributed by atoms with Crippen LogP contribution in [-0.4, -0.2) is 33.3 Å². The summed E-state index contributed by atoms with van der Waals surface area (Å²) in [6, 6.07) is 6.42. The zero-order valence-corrected chi connectivity index (χ0v) is 20.1. The molecule has 3 aromatic rings. The minimum Gasteiger partial charge on any atom is -0.466 e. The standard InChI is InChI=1S/C27H35N3O3/c1-4-21-11-13-25-27(20-15-19(3)16-28-17-20)23(12-14-26(31)32-5-2)24(29-30(21)25)18-33-22-9-7-6-8-10-22/h11,13,15-17,22H,4-10,12,14,18H2,1-3H3. The molecule has 0 amide bonds. The predicted molar refractivity (Wildman–Crippen MR) is 129 cm³/mol. The number of ether oxygens (including phenoxy) is 2. The van der Waals surface area contributed by atoms with Crippen molar-refractivity contribution in [1.29, 1.82) is 0 Å². The number of carbonyl (C=O) groups excluding carboxylic acids is 1. The van der Waals surface area contributed by atoms with Crippen LogP contribution in [0.5, 0.6) is 0 Å². The molecule has 1 aliphatic rings. The molecule has 0 spiro atoms. The number of aromatic nitrogens is 3. The maximum atomic E-state index is 12.3. The van der Waals surface area contributed by atoms with Gasteiger partial charge in [-0.15, -0.1) is 0 Å². The van der Waals surface area contributed by atoms with Crippen LogP contribution < -0.4 is 0 Å². The molecule has 3 heterocycles. The van der Waals surface area contributed by atoms with Gasteiger partial charge in [0.2, 0.25) is 0 Å². The summed E-state index contributed by atoms with van der Waals surface area (Å²) in [4.78, 5) is 16.7. The van der Waals surface area contributed by atoms with Crippen LogP contribution in [0.1, 0.15) is 74.9 Å². The van der Waals surface area contributed by atoms with E-state index in [4.69, 9.17) is 14.6 Å². The van der Waals surface area contributed by atoms with Crippen molar-refractivity contribution in [2.24, 2.45) is 0 Å². The molecular weight excluding hydrogens is 414 g/mol. The largest absolute Gasteiger partial charge is 0.466 e. The highest BCUT2D eigenvalue weighted by molar-refractivity contribution is 5.84. The van der Waals surface area contributed by atoms with Gasteiger partial charge in [-0.2, -0.15) is 5.10 Å². The number of fused-ring (bicyclic) bond motifs is 1. The number of hydrogen-bond donors (Lipinski definition) is 0. The summed E-state index contributed by atoms with van der Waals surface area (Å²) >= 11 is 0. The molecule has 4 rings (SSSR count). The second kappa shape index (κ2) is 10.9. The van der Waals surface area contributed by atoms with E-state index in [0.29, 0.717) is 26.1 Å². The molecule has 33 heavy (non-hydrogen) atoms. The van der Waals surface area contributed by atoms with Crippen molar-refractivity contribution in [3.05, 3.63) is 53.1 Å². The Balaban J connectivity index is 1.81. The molecule has 176 valence electrons. The third kappa shape index (κ3) is 5.44. The molecule has 0 atom stereocenters. The third-order valence-electron chi connectivity index (χ3n) is 6.48. The van der Waals surface area contributed by atoms with Crippen LogP contribution >= 0.6 is 0 Å². The fourth-order valence-corrected chi connectivity index (χ4v) is 4.81. The number of hydrogen-bond acceptors (Lipinski definition) is 5. The van der Waals surface area contributed by atoms with E-state index in [1.807, 2.05) is 23.8 Å². The first kappa shape index (κ1) is 23.4. The maximum Gasteiger partial charge on any atom is 0.306 e. The van der Waals surface area contributed by atoms with E-state index in [1.54, 1.807) is 0 Å². The SMILES string of the molecule is CCOC(=O)CCc1c(COC2CCCCC2)nn2c(CC)ccc2c1-c1cncc(C)c1. The van der Waals surface area contributed by atoms with E-state index >= 15 is 0 Å². The molecule has 6 heteroatoms. The molecule has 0 saturated heterocycles. The quantitative estimate of drug-likeness (QED) is 0.397. The van der Waals surface area contributed by atoms with Crippen LogP contribution in [0.15, 0.2) is 30.6 Å².